The van der Waals surface area contributed by atoms with Gasteiger partial charge in [-0.15, -0.1) is 0 Å². The molecule has 0 saturated heterocycles. The molecule has 1 unspecified atom stereocenters. The third-order valence-electron chi connectivity index (χ3n) is 6.91. The summed E-state index contributed by atoms with van der Waals surface area (Å²) in [5.41, 5.74) is 1.15. The second-order valence-corrected chi connectivity index (χ2v) is 13.7. The molecule has 0 aliphatic rings. The van der Waals surface area contributed by atoms with Crippen LogP contribution in [0.1, 0.15) is 76.7 Å². The summed E-state index contributed by atoms with van der Waals surface area (Å²) in [6.45, 7) is 1.85. The van der Waals surface area contributed by atoms with E-state index in [-0.39, 0.29) is 18.2 Å². The van der Waals surface area contributed by atoms with Crippen LogP contribution in [0.25, 0.3) is 0 Å². The summed E-state index contributed by atoms with van der Waals surface area (Å²) in [5.74, 6) is 0.310. The third kappa shape index (κ3) is 25.0. The topological polar surface area (TPSA) is 128 Å². The zero-order chi connectivity index (χ0) is 34.9. The minimum Gasteiger partial charge on any atom is -0.394 e. The number of hydrogen-bond donors (Lipinski definition) is 5. The molecule has 5 N–H and O–H groups in total. The Hall–Kier alpha value is -3.05. The molecule has 0 radical (unpaired) electrons. The Kier molecular flexibility index (Phi) is 28.0. The normalized spacial score (nSPS) is 12.7. The zero-order valence-corrected chi connectivity index (χ0v) is 30.2. The first kappa shape index (κ1) is 43.0. The van der Waals surface area contributed by atoms with Crippen molar-refractivity contribution in [3.63, 3.8) is 0 Å². The molecule has 1 aromatic carbocycles. The number of aliphatic hydroxyl groups excluding tert-OH is 2. The van der Waals surface area contributed by atoms with E-state index in [9.17, 15) is 24.6 Å². The Morgan fingerprint density at radius 3 is 1.92 bits per heavy atom. The smallest absolute Gasteiger partial charge is 0.243 e. The predicted molar refractivity (Wildman–Crippen MR) is 204 cm³/mol. The van der Waals surface area contributed by atoms with E-state index in [1.54, 1.807) is 0 Å². The number of rotatable bonds is 28. The first-order valence-electron chi connectivity index (χ1n) is 17.1. The highest BCUT2D eigenvalue weighted by atomic mass is 33.1. The number of aliphatic hydroxyl groups is 2. The van der Waals surface area contributed by atoms with Crippen molar-refractivity contribution in [3.8, 4) is 0 Å². The molecule has 0 aliphatic heterocycles. The van der Waals surface area contributed by atoms with Crippen LogP contribution in [0.2, 0.25) is 0 Å². The molecular formula is C38H57N3O5S2. The highest BCUT2D eigenvalue weighted by Crippen LogP contribution is 2.21. The van der Waals surface area contributed by atoms with Gasteiger partial charge in [0.05, 0.1) is 19.3 Å². The van der Waals surface area contributed by atoms with Crippen LogP contribution in [-0.2, 0) is 20.8 Å². The van der Waals surface area contributed by atoms with Crippen molar-refractivity contribution >= 4 is 39.3 Å². The van der Waals surface area contributed by atoms with E-state index in [0.29, 0.717) is 30.9 Å². The van der Waals surface area contributed by atoms with Crippen molar-refractivity contribution in [3.05, 3.63) is 96.7 Å². The first-order chi connectivity index (χ1) is 23.5. The van der Waals surface area contributed by atoms with E-state index in [1.165, 1.54) is 21.6 Å². The van der Waals surface area contributed by atoms with E-state index in [1.807, 2.05) is 30.3 Å². The lowest BCUT2D eigenvalue weighted by atomic mass is 10.1. The van der Waals surface area contributed by atoms with Crippen molar-refractivity contribution in [1.29, 1.82) is 0 Å². The highest BCUT2D eigenvalue weighted by Gasteiger charge is 2.23. The van der Waals surface area contributed by atoms with Gasteiger partial charge in [-0.25, -0.2) is 0 Å². The summed E-state index contributed by atoms with van der Waals surface area (Å²) in [6.07, 6.45) is 30.4. The molecule has 1 aromatic rings. The van der Waals surface area contributed by atoms with Crippen LogP contribution < -0.4 is 16.0 Å². The number of nitrogens with one attached hydrogen (secondary N) is 3. The number of carbonyl (C=O) groups excluding carboxylic acids is 3. The summed E-state index contributed by atoms with van der Waals surface area (Å²) in [5, 5.41) is 27.0. The van der Waals surface area contributed by atoms with Crippen LogP contribution in [0.3, 0.4) is 0 Å². The molecule has 0 bridgehead atoms. The fraction of sp³-hybridized carbons (Fsp3) is 0.500. The van der Waals surface area contributed by atoms with Gasteiger partial charge in [0, 0.05) is 30.9 Å². The standard InChI is InChI=1S/C38H57N3O5S2/c1-2-3-4-5-6-7-8-9-10-11-12-13-14-15-16-17-21-26-36(44)39-28-29-47-48-32-35(38(46)40-34(30-42)31-43)41-37(45)27-22-25-33-23-19-18-20-24-33/h3-4,6-7,9-10,12-13,15-16,18-20,23-24,34-35,42-43H,2,5,8,11,14,17,21-22,25-32H2,1H3,(H,39,44)(H,40,46)(H,41,45)/b4-3-,7-6-,10-9-,13-12-,16-15-. The zero-order valence-electron chi connectivity index (χ0n) is 28.6. The van der Waals surface area contributed by atoms with Crippen molar-refractivity contribution in [2.45, 2.75) is 89.6 Å². The molecule has 1 atom stereocenters. The molecule has 0 fully saturated rings. The number of amides is 3. The summed E-state index contributed by atoms with van der Waals surface area (Å²) in [4.78, 5) is 37.5. The minimum atomic E-state index is -0.808. The SMILES string of the molecule is CC/C=C\C/C=C\C/C=C\C/C=C\C/C=C\CCCC(=O)NCCSSCC(NC(=O)CCCc1ccccc1)C(=O)NC(CO)CO. The first-order valence-corrected chi connectivity index (χ1v) is 19.6. The maximum Gasteiger partial charge on any atom is 0.243 e. The van der Waals surface area contributed by atoms with Crippen LogP contribution in [-0.4, -0.2) is 71.3 Å². The monoisotopic (exact) mass is 699 g/mol. The lowest BCUT2D eigenvalue weighted by Gasteiger charge is -2.21. The van der Waals surface area contributed by atoms with Gasteiger partial charge in [-0.1, -0.05) is 120 Å². The van der Waals surface area contributed by atoms with Crippen molar-refractivity contribution < 1.29 is 24.6 Å². The fourth-order valence-electron chi connectivity index (χ4n) is 4.24. The van der Waals surface area contributed by atoms with Gasteiger partial charge in [0.15, 0.2) is 0 Å². The number of benzene rings is 1. The van der Waals surface area contributed by atoms with Crippen molar-refractivity contribution in [2.24, 2.45) is 0 Å². The largest absolute Gasteiger partial charge is 0.394 e. The summed E-state index contributed by atoms with van der Waals surface area (Å²) in [7, 11) is 2.94. The van der Waals surface area contributed by atoms with Gasteiger partial charge in [0.25, 0.3) is 0 Å². The maximum absolute atomic E-state index is 12.8. The Bertz CT molecular complexity index is 1130. The third-order valence-corrected chi connectivity index (χ3v) is 9.32. The molecule has 0 heterocycles. The van der Waals surface area contributed by atoms with E-state index >= 15 is 0 Å². The summed E-state index contributed by atoms with van der Waals surface area (Å²) in [6, 6.07) is 8.31. The molecule has 3 amide bonds. The van der Waals surface area contributed by atoms with Crippen LogP contribution in [0, 0.1) is 0 Å². The highest BCUT2D eigenvalue weighted by molar-refractivity contribution is 8.76. The van der Waals surface area contributed by atoms with Crippen LogP contribution in [0.4, 0.5) is 0 Å². The van der Waals surface area contributed by atoms with Gasteiger partial charge < -0.3 is 26.2 Å². The fourth-order valence-corrected chi connectivity index (χ4v) is 6.31. The molecular weight excluding hydrogens is 643 g/mol. The molecule has 8 nitrogen and oxygen atoms in total. The van der Waals surface area contributed by atoms with Crippen molar-refractivity contribution in [2.75, 3.05) is 31.3 Å². The second-order valence-electron chi connectivity index (χ2n) is 11.1. The van der Waals surface area contributed by atoms with Gasteiger partial charge in [0.2, 0.25) is 17.7 Å². The Labute approximate surface area is 296 Å². The molecule has 0 spiro atoms. The Morgan fingerprint density at radius 1 is 0.729 bits per heavy atom. The summed E-state index contributed by atoms with van der Waals surface area (Å²) < 4.78 is 0. The number of allylic oxidation sites excluding steroid dienone is 10. The van der Waals surface area contributed by atoms with Gasteiger partial charge in [0.1, 0.15) is 6.04 Å². The minimum absolute atomic E-state index is 0.0204. The average Bonchev–Trinajstić information content (AvgIpc) is 3.09. The number of carbonyl (C=O) groups is 3. The van der Waals surface area contributed by atoms with Gasteiger partial charge >= 0.3 is 0 Å². The van der Waals surface area contributed by atoms with E-state index in [4.69, 9.17) is 0 Å². The van der Waals surface area contributed by atoms with Crippen LogP contribution >= 0.6 is 21.6 Å². The van der Waals surface area contributed by atoms with Crippen LogP contribution in [0.5, 0.6) is 0 Å². The number of hydrogen-bond acceptors (Lipinski definition) is 7. The van der Waals surface area contributed by atoms with E-state index in [2.05, 4.69) is 83.6 Å². The maximum atomic E-state index is 12.8. The van der Waals surface area contributed by atoms with Gasteiger partial charge in [-0.3, -0.25) is 14.4 Å². The quantitative estimate of drug-likeness (QED) is 0.0390. The number of unbranched alkanes of at least 4 members (excludes halogenated alkanes) is 1. The predicted octanol–water partition coefficient (Wildman–Crippen LogP) is 6.38. The van der Waals surface area contributed by atoms with Crippen molar-refractivity contribution in [1.82, 2.24) is 16.0 Å². The summed E-state index contributed by atoms with van der Waals surface area (Å²) >= 11 is 0. The lowest BCUT2D eigenvalue weighted by Crippen LogP contribution is -2.52. The number of aryl methyl sites for hydroxylation is 1. The molecule has 0 aromatic heterocycles. The Morgan fingerprint density at radius 2 is 1.31 bits per heavy atom. The molecule has 48 heavy (non-hydrogen) atoms. The van der Waals surface area contributed by atoms with E-state index in [0.717, 1.165) is 56.9 Å². The van der Waals surface area contributed by atoms with Gasteiger partial charge in [-0.2, -0.15) is 0 Å². The second kappa shape index (κ2) is 31.2. The molecule has 0 aliphatic carbocycles. The van der Waals surface area contributed by atoms with E-state index < -0.39 is 31.2 Å². The Balaban J connectivity index is 2.20. The van der Waals surface area contributed by atoms with Crippen LogP contribution in [0.15, 0.2) is 91.1 Å². The molecule has 10 heteroatoms. The average molecular weight is 700 g/mol. The lowest BCUT2D eigenvalue weighted by molar-refractivity contribution is -0.129. The molecule has 1 rings (SSSR count). The molecule has 266 valence electrons. The van der Waals surface area contributed by atoms with Gasteiger partial charge in [-0.05, 0) is 63.4 Å². The molecule has 0 saturated carbocycles.